The van der Waals surface area contributed by atoms with Gasteiger partial charge in [0.2, 0.25) is 0 Å². The molecule has 0 rings (SSSR count). The molecule has 0 bridgehead atoms. The predicted molar refractivity (Wildman–Crippen MR) is 153 cm³/mol. The molecule has 36 heavy (non-hydrogen) atoms. The van der Waals surface area contributed by atoms with Gasteiger partial charge in [0.1, 0.15) is 0 Å². The molecule has 0 amide bonds. The van der Waals surface area contributed by atoms with Crippen molar-refractivity contribution in [1.29, 1.82) is 0 Å². The van der Waals surface area contributed by atoms with E-state index in [1.165, 1.54) is 0 Å². The summed E-state index contributed by atoms with van der Waals surface area (Å²) in [5, 5.41) is 0.296. The van der Waals surface area contributed by atoms with Crippen LogP contribution >= 0.6 is 8.25 Å². The third-order valence-electron chi connectivity index (χ3n) is 7.40. The van der Waals surface area contributed by atoms with E-state index < -0.39 is 24.9 Å². The summed E-state index contributed by atoms with van der Waals surface area (Å²) < 4.78 is 34.5. The smallest absolute Gasteiger partial charge is 0.414 e. The summed E-state index contributed by atoms with van der Waals surface area (Å²) >= 11 is 0. The second-order valence-electron chi connectivity index (χ2n) is 13.0. The number of Topliss-reactive ketones (excluding diaryl/α,β-unsaturated/α-hetero) is 2. The minimum absolute atomic E-state index is 0.0900. The number of ketones is 2. The molecule has 0 aromatic heterocycles. The largest absolute Gasteiger partial charge is 0.698 e. The molecule has 2 atom stereocenters. The molecule has 10 heteroatoms. The number of rotatable bonds is 18. The Hall–Kier alpha value is -0.286. The quantitative estimate of drug-likeness (QED) is 0.123. The van der Waals surface area contributed by atoms with E-state index in [4.69, 9.17) is 17.9 Å². The van der Waals surface area contributed by atoms with Gasteiger partial charge in [0.05, 0.1) is 0 Å². The highest BCUT2D eigenvalue weighted by molar-refractivity contribution is 7.33. The lowest BCUT2D eigenvalue weighted by atomic mass is 10.1. The van der Waals surface area contributed by atoms with Crippen LogP contribution in [0.2, 0.25) is 36.3 Å². The van der Waals surface area contributed by atoms with Gasteiger partial charge in [-0.3, -0.25) is 9.59 Å². The van der Waals surface area contributed by atoms with Gasteiger partial charge < -0.3 is 8.85 Å². The van der Waals surface area contributed by atoms with Gasteiger partial charge in [-0.15, -0.1) is 9.05 Å². The van der Waals surface area contributed by atoms with Crippen molar-refractivity contribution in [3.8, 4) is 0 Å². The van der Waals surface area contributed by atoms with Crippen molar-refractivity contribution in [2.45, 2.75) is 142 Å². The first kappa shape index (κ1) is 35.7. The summed E-state index contributed by atoms with van der Waals surface area (Å²) in [5.41, 5.74) is 0. The van der Waals surface area contributed by atoms with E-state index in [0.717, 1.165) is 12.8 Å². The van der Waals surface area contributed by atoms with Crippen LogP contribution in [0.15, 0.2) is 0 Å². The molecule has 0 saturated heterocycles. The van der Waals surface area contributed by atoms with Gasteiger partial charge in [-0.05, 0) is 75.8 Å². The molecule has 7 nitrogen and oxygen atoms in total. The van der Waals surface area contributed by atoms with Gasteiger partial charge in [0.15, 0.2) is 41.4 Å². The van der Waals surface area contributed by atoms with Crippen molar-refractivity contribution in [2.75, 3.05) is 13.2 Å². The summed E-state index contributed by atoms with van der Waals surface area (Å²) in [5.74, 6) is -0.271. The lowest BCUT2D eigenvalue weighted by Gasteiger charge is -2.38. The summed E-state index contributed by atoms with van der Waals surface area (Å²) in [6, 6.07) is 0. The Morgan fingerprint density at radius 1 is 0.694 bits per heavy atom. The van der Waals surface area contributed by atoms with Gasteiger partial charge in [-0.25, -0.2) is 0 Å². The maximum atomic E-state index is 12.1. The standard InChI is InChI=1S/C26H54O7PSi2/c1-21(32-35(9,10)25(3,4)5)15-13-17-23(27)19-30-34(29)31-20-24(28)18-14-16-22(2)33-36(11,12)26(6,7)8/h21-22H,13-20H2,1-12H3/q+1/t21-,22-/m1/s1. The molecule has 0 fully saturated rings. The van der Waals surface area contributed by atoms with Crippen LogP contribution in [0.3, 0.4) is 0 Å². The second kappa shape index (κ2) is 15.3. The highest BCUT2D eigenvalue weighted by atomic mass is 31.1. The minimum atomic E-state index is -2.49. The molecule has 0 spiro atoms. The van der Waals surface area contributed by atoms with Crippen molar-refractivity contribution in [3.63, 3.8) is 0 Å². The zero-order valence-electron chi connectivity index (χ0n) is 25.1. The summed E-state index contributed by atoms with van der Waals surface area (Å²) in [7, 11) is -6.14. The third kappa shape index (κ3) is 14.6. The molecule has 212 valence electrons. The number of hydrogen-bond acceptors (Lipinski definition) is 7. The van der Waals surface area contributed by atoms with Crippen molar-refractivity contribution >= 4 is 36.5 Å². The molecular weight excluding hydrogens is 511 g/mol. The van der Waals surface area contributed by atoms with Crippen LogP contribution < -0.4 is 0 Å². The van der Waals surface area contributed by atoms with Gasteiger partial charge in [-0.2, -0.15) is 0 Å². The lowest BCUT2D eigenvalue weighted by Crippen LogP contribution is -2.43. The normalized spacial score (nSPS) is 15.0. The molecule has 0 heterocycles. The molecule has 0 aromatic rings. The van der Waals surface area contributed by atoms with Crippen LogP contribution in [0, 0.1) is 0 Å². The Balaban J connectivity index is 4.06. The van der Waals surface area contributed by atoms with Crippen molar-refractivity contribution in [1.82, 2.24) is 0 Å². The van der Waals surface area contributed by atoms with Gasteiger partial charge in [0.25, 0.3) is 0 Å². The van der Waals surface area contributed by atoms with E-state index in [0.29, 0.717) is 25.7 Å². The number of hydrogen-bond donors (Lipinski definition) is 0. The predicted octanol–water partition coefficient (Wildman–Crippen LogP) is 7.98. The van der Waals surface area contributed by atoms with E-state index in [1.807, 2.05) is 13.8 Å². The molecule has 0 aliphatic heterocycles. The fraction of sp³-hybridized carbons (Fsp3) is 0.923. The number of carbonyl (C=O) groups excluding carboxylic acids is 2. The topological polar surface area (TPSA) is 88.1 Å². The molecule has 0 saturated carbocycles. The van der Waals surface area contributed by atoms with Crippen LogP contribution in [0.25, 0.3) is 0 Å². The van der Waals surface area contributed by atoms with Crippen LogP contribution in [0.1, 0.15) is 93.9 Å². The second-order valence-corrected chi connectivity index (χ2v) is 23.5. The fourth-order valence-electron chi connectivity index (χ4n) is 3.08. The van der Waals surface area contributed by atoms with Crippen LogP contribution in [-0.4, -0.2) is 53.6 Å². The SMILES string of the molecule is C[C@H](CCCC(=O)CO[P+](=O)OCC(=O)CCC[C@@H](C)O[Si](C)(C)C(C)(C)C)O[Si](C)(C)C(C)(C)C. The first-order valence-electron chi connectivity index (χ1n) is 13.3. The Bertz CT molecular complexity index is 654. The fourth-order valence-corrected chi connectivity index (χ4v) is 6.61. The van der Waals surface area contributed by atoms with Gasteiger partial charge in [0, 0.05) is 29.6 Å². The van der Waals surface area contributed by atoms with E-state index in [1.54, 1.807) is 0 Å². The molecular formula is C26H54O7PSi2+. The highest BCUT2D eigenvalue weighted by Crippen LogP contribution is 2.38. The van der Waals surface area contributed by atoms with Gasteiger partial charge in [-0.1, -0.05) is 41.5 Å². The van der Waals surface area contributed by atoms with Crippen LogP contribution in [0.4, 0.5) is 0 Å². The Morgan fingerprint density at radius 2 is 1.00 bits per heavy atom. The minimum Gasteiger partial charge on any atom is -0.414 e. The molecule has 0 aliphatic carbocycles. The van der Waals surface area contributed by atoms with Crippen LogP contribution in [0.5, 0.6) is 0 Å². The highest BCUT2D eigenvalue weighted by Gasteiger charge is 2.39. The average Bonchev–Trinajstić information content (AvgIpc) is 2.68. The van der Waals surface area contributed by atoms with Crippen LogP contribution in [-0.2, 0) is 32.1 Å². The van der Waals surface area contributed by atoms with E-state index >= 15 is 0 Å². The molecule has 0 aliphatic rings. The number of carbonyl (C=O) groups is 2. The Kier molecular flexibility index (Phi) is 15.2. The summed E-state index contributed by atoms with van der Waals surface area (Å²) in [4.78, 5) is 24.1. The first-order valence-corrected chi connectivity index (χ1v) is 20.2. The molecule has 0 unspecified atom stereocenters. The molecule has 0 N–H and O–H groups in total. The van der Waals surface area contributed by atoms with E-state index in [2.05, 4.69) is 67.7 Å². The third-order valence-corrected chi connectivity index (χ3v) is 17.3. The van der Waals surface area contributed by atoms with Crippen molar-refractivity contribution in [3.05, 3.63) is 0 Å². The zero-order chi connectivity index (χ0) is 28.4. The van der Waals surface area contributed by atoms with Gasteiger partial charge >= 0.3 is 8.25 Å². The average molecular weight is 566 g/mol. The molecule has 0 aromatic carbocycles. The van der Waals surface area contributed by atoms with E-state index in [9.17, 15) is 14.2 Å². The maximum Gasteiger partial charge on any atom is 0.698 e. The van der Waals surface area contributed by atoms with Crippen molar-refractivity contribution < 1.29 is 32.1 Å². The monoisotopic (exact) mass is 565 g/mol. The van der Waals surface area contributed by atoms with Crippen molar-refractivity contribution in [2.24, 2.45) is 0 Å². The summed E-state index contributed by atoms with van der Waals surface area (Å²) in [6.07, 6.45) is 3.80. The zero-order valence-corrected chi connectivity index (χ0v) is 28.0. The Labute approximate surface area is 224 Å². The van der Waals surface area contributed by atoms with E-state index in [-0.39, 0.29) is 47.1 Å². The lowest BCUT2D eigenvalue weighted by molar-refractivity contribution is -0.121. The Morgan fingerprint density at radius 3 is 1.28 bits per heavy atom. The summed E-state index contributed by atoms with van der Waals surface area (Å²) in [6.45, 7) is 25.6. The molecule has 0 radical (unpaired) electrons. The maximum absolute atomic E-state index is 12.1. The first-order chi connectivity index (χ1) is 16.2.